The normalized spacial score (nSPS) is 48.9. The molecule has 104 valence electrons. The zero-order chi connectivity index (χ0) is 13.6. The number of fused-ring (bicyclic) bond motifs is 1. The van der Waals surface area contributed by atoms with Gasteiger partial charge in [-0.25, -0.2) is 0 Å². The third-order valence-corrected chi connectivity index (χ3v) is 5.76. The maximum absolute atomic E-state index is 10.6. The molecule has 18 heavy (non-hydrogen) atoms. The first-order valence-corrected chi connectivity index (χ1v) is 7.02. The Morgan fingerprint density at radius 1 is 1.28 bits per heavy atom. The molecule has 0 aromatic rings. The molecule has 2 aliphatic carbocycles. The molecular weight excluding hydrogens is 228 g/mol. The van der Waals surface area contributed by atoms with Crippen LogP contribution in [0.2, 0.25) is 0 Å². The molecule has 2 fully saturated rings. The van der Waals surface area contributed by atoms with Gasteiger partial charge in [-0.1, -0.05) is 26.0 Å². The van der Waals surface area contributed by atoms with E-state index < -0.39 is 5.60 Å². The summed E-state index contributed by atoms with van der Waals surface area (Å²) in [6.07, 6.45) is 3.48. The summed E-state index contributed by atoms with van der Waals surface area (Å²) in [5, 5.41) is 29.8. The van der Waals surface area contributed by atoms with E-state index in [-0.39, 0.29) is 24.5 Å². The van der Waals surface area contributed by atoms with Crippen LogP contribution in [0.5, 0.6) is 0 Å². The Bertz CT molecular complexity index is 341. The minimum absolute atomic E-state index is 0.0638. The Labute approximate surface area is 110 Å². The SMILES string of the molecule is C=C1[C@@H](C)CC[C@]2(C)[C@H](CO)[C@@](O)(CO)CC[C@@H]12. The maximum Gasteiger partial charge on any atom is 0.0932 e. The van der Waals surface area contributed by atoms with E-state index in [1.165, 1.54) is 5.57 Å². The van der Waals surface area contributed by atoms with Gasteiger partial charge in [0.25, 0.3) is 0 Å². The smallest absolute Gasteiger partial charge is 0.0932 e. The van der Waals surface area contributed by atoms with Crippen molar-refractivity contribution in [3.63, 3.8) is 0 Å². The summed E-state index contributed by atoms with van der Waals surface area (Å²) in [5.74, 6) is 0.644. The second-order valence-corrected chi connectivity index (χ2v) is 6.61. The van der Waals surface area contributed by atoms with Gasteiger partial charge in [0.05, 0.1) is 12.2 Å². The summed E-state index contributed by atoms with van der Waals surface area (Å²) >= 11 is 0. The molecule has 0 aliphatic heterocycles. The van der Waals surface area contributed by atoms with Crippen LogP contribution in [0, 0.1) is 23.2 Å². The van der Waals surface area contributed by atoms with E-state index in [1.54, 1.807) is 0 Å². The zero-order valence-corrected chi connectivity index (χ0v) is 11.5. The van der Waals surface area contributed by atoms with Crippen molar-refractivity contribution in [3.05, 3.63) is 12.2 Å². The fourth-order valence-electron chi connectivity index (χ4n) is 4.34. The molecule has 0 aromatic heterocycles. The van der Waals surface area contributed by atoms with Crippen molar-refractivity contribution >= 4 is 0 Å². The van der Waals surface area contributed by atoms with Crippen LogP contribution in [0.4, 0.5) is 0 Å². The molecule has 2 rings (SSSR count). The summed E-state index contributed by atoms with van der Waals surface area (Å²) in [6, 6.07) is 0. The van der Waals surface area contributed by atoms with Crippen LogP contribution in [0.1, 0.15) is 39.5 Å². The molecule has 0 radical (unpaired) electrons. The third kappa shape index (κ3) is 1.84. The summed E-state index contributed by atoms with van der Waals surface area (Å²) in [6.45, 7) is 8.28. The Balaban J connectivity index is 2.35. The highest BCUT2D eigenvalue weighted by Gasteiger charge is 2.56. The number of rotatable bonds is 2. The minimum atomic E-state index is -1.12. The molecule has 5 atom stereocenters. The molecule has 0 unspecified atom stereocenters. The highest BCUT2D eigenvalue weighted by atomic mass is 16.3. The van der Waals surface area contributed by atoms with E-state index >= 15 is 0 Å². The molecule has 3 N–H and O–H groups in total. The van der Waals surface area contributed by atoms with Crippen molar-refractivity contribution in [2.24, 2.45) is 23.2 Å². The van der Waals surface area contributed by atoms with Crippen molar-refractivity contribution in [1.82, 2.24) is 0 Å². The van der Waals surface area contributed by atoms with Crippen LogP contribution in [0.25, 0.3) is 0 Å². The highest BCUT2D eigenvalue weighted by molar-refractivity contribution is 5.19. The average Bonchev–Trinajstić information content (AvgIpc) is 2.34. The summed E-state index contributed by atoms with van der Waals surface area (Å²) < 4.78 is 0. The van der Waals surface area contributed by atoms with Gasteiger partial charge in [0.1, 0.15) is 0 Å². The molecule has 2 saturated carbocycles. The van der Waals surface area contributed by atoms with Crippen molar-refractivity contribution in [2.45, 2.75) is 45.1 Å². The number of hydrogen-bond acceptors (Lipinski definition) is 3. The average molecular weight is 254 g/mol. The number of allylic oxidation sites excluding steroid dienone is 1. The van der Waals surface area contributed by atoms with Crippen LogP contribution in [0.15, 0.2) is 12.2 Å². The number of hydrogen-bond donors (Lipinski definition) is 3. The fraction of sp³-hybridized carbons (Fsp3) is 0.867. The van der Waals surface area contributed by atoms with Gasteiger partial charge in [-0.2, -0.15) is 0 Å². The van der Waals surface area contributed by atoms with Crippen molar-refractivity contribution in [2.75, 3.05) is 13.2 Å². The van der Waals surface area contributed by atoms with Crippen molar-refractivity contribution in [3.8, 4) is 0 Å². The monoisotopic (exact) mass is 254 g/mol. The Kier molecular flexibility index (Phi) is 3.60. The lowest BCUT2D eigenvalue weighted by Crippen LogP contribution is -2.59. The molecule has 3 heteroatoms. The molecular formula is C15H26O3. The molecule has 0 bridgehead atoms. The van der Waals surface area contributed by atoms with Crippen LogP contribution >= 0.6 is 0 Å². The van der Waals surface area contributed by atoms with Crippen LogP contribution < -0.4 is 0 Å². The summed E-state index contributed by atoms with van der Waals surface area (Å²) in [4.78, 5) is 0. The maximum atomic E-state index is 10.6. The van der Waals surface area contributed by atoms with Crippen LogP contribution in [-0.4, -0.2) is 34.1 Å². The highest BCUT2D eigenvalue weighted by Crippen LogP contribution is 2.58. The molecule has 3 nitrogen and oxygen atoms in total. The quantitative estimate of drug-likeness (QED) is 0.658. The predicted molar refractivity (Wildman–Crippen MR) is 71.0 cm³/mol. The van der Waals surface area contributed by atoms with E-state index in [4.69, 9.17) is 0 Å². The Morgan fingerprint density at radius 3 is 2.50 bits per heavy atom. The molecule has 2 aliphatic rings. The summed E-state index contributed by atoms with van der Waals surface area (Å²) in [5.41, 5.74) is 0.0109. The van der Waals surface area contributed by atoms with Gasteiger partial charge in [0.2, 0.25) is 0 Å². The molecule has 0 heterocycles. The van der Waals surface area contributed by atoms with Gasteiger partial charge in [-0.05, 0) is 42.9 Å². The second kappa shape index (κ2) is 4.62. The van der Waals surface area contributed by atoms with Gasteiger partial charge >= 0.3 is 0 Å². The van der Waals surface area contributed by atoms with Gasteiger partial charge in [-0.3, -0.25) is 0 Å². The van der Waals surface area contributed by atoms with Gasteiger partial charge in [-0.15, -0.1) is 0 Å². The Morgan fingerprint density at radius 2 is 1.94 bits per heavy atom. The van der Waals surface area contributed by atoms with E-state index in [0.29, 0.717) is 18.3 Å². The van der Waals surface area contributed by atoms with Gasteiger partial charge in [0.15, 0.2) is 0 Å². The Hall–Kier alpha value is -0.380. The standard InChI is InChI=1S/C15H26O3/c1-10-4-6-14(3)12(11(10)2)5-7-15(18,9-17)13(14)8-16/h10,12-13,16-18H,2,4-9H2,1,3H3/t10-,12-,13-,14-,15-/m0/s1. The van der Waals surface area contributed by atoms with E-state index in [2.05, 4.69) is 20.4 Å². The second-order valence-electron chi connectivity index (χ2n) is 6.61. The fourth-order valence-corrected chi connectivity index (χ4v) is 4.34. The largest absolute Gasteiger partial charge is 0.396 e. The van der Waals surface area contributed by atoms with E-state index in [0.717, 1.165) is 19.3 Å². The number of aliphatic hydroxyl groups excluding tert-OH is 2. The summed E-state index contributed by atoms with van der Waals surface area (Å²) in [7, 11) is 0. The lowest BCUT2D eigenvalue weighted by molar-refractivity contribution is -0.171. The van der Waals surface area contributed by atoms with E-state index in [1.807, 2.05) is 0 Å². The van der Waals surface area contributed by atoms with Crippen molar-refractivity contribution < 1.29 is 15.3 Å². The third-order valence-electron chi connectivity index (χ3n) is 5.76. The topological polar surface area (TPSA) is 60.7 Å². The first kappa shape index (κ1) is 14.0. The van der Waals surface area contributed by atoms with Crippen molar-refractivity contribution in [1.29, 1.82) is 0 Å². The van der Waals surface area contributed by atoms with E-state index in [9.17, 15) is 15.3 Å². The predicted octanol–water partition coefficient (Wildman–Crippen LogP) is 1.72. The zero-order valence-electron chi connectivity index (χ0n) is 11.5. The number of aliphatic hydroxyl groups is 3. The van der Waals surface area contributed by atoms with Gasteiger partial charge in [0, 0.05) is 12.5 Å². The molecule has 0 aromatic carbocycles. The lowest BCUT2D eigenvalue weighted by Gasteiger charge is -2.57. The van der Waals surface area contributed by atoms with Crippen LogP contribution in [-0.2, 0) is 0 Å². The first-order chi connectivity index (χ1) is 8.39. The van der Waals surface area contributed by atoms with Gasteiger partial charge < -0.3 is 15.3 Å². The first-order valence-electron chi connectivity index (χ1n) is 7.02. The molecule has 0 spiro atoms. The lowest BCUT2D eigenvalue weighted by atomic mass is 9.49. The molecule has 0 saturated heterocycles. The minimum Gasteiger partial charge on any atom is -0.396 e. The van der Waals surface area contributed by atoms with Crippen LogP contribution in [0.3, 0.4) is 0 Å². The molecule has 0 amide bonds.